The Balaban J connectivity index is 0.00000268. The number of aryl methyl sites for hydroxylation is 3. The van der Waals surface area contributed by atoms with Crippen molar-refractivity contribution in [1.29, 1.82) is 0 Å². The molecule has 0 amide bonds. The first kappa shape index (κ1) is 106. The van der Waals surface area contributed by atoms with E-state index in [9.17, 15) is 9.59 Å². The minimum absolute atomic E-state index is 0.380. The summed E-state index contributed by atoms with van der Waals surface area (Å²) in [6, 6.07) is 1.73. The fraction of sp³-hybridized carbons (Fsp3) is 0.0407. The van der Waals surface area contributed by atoms with Gasteiger partial charge in [-0.15, -0.1) is 12.8 Å². The van der Waals surface area contributed by atoms with Crippen LogP contribution in [0.2, 0.25) is 0 Å². The van der Waals surface area contributed by atoms with E-state index in [1.54, 1.807) is 45.7 Å². The molecule has 0 unspecified atom stereocenters. The van der Waals surface area contributed by atoms with Gasteiger partial charge in [0.1, 0.15) is 5.82 Å². The van der Waals surface area contributed by atoms with Crippen LogP contribution < -0.4 is 0 Å². The largest absolute Gasteiger partial charge is 0.464 e. The van der Waals surface area contributed by atoms with Gasteiger partial charge in [0.05, 0.1) is 42.3 Å². The quantitative estimate of drug-likeness (QED) is 0.291. The number of carbonyl (C=O) groups excluding carboxylic acids is 2. The summed E-state index contributed by atoms with van der Waals surface area (Å²) in [5.41, 5.74) is 2.11. The molecular formula is C123H21BrN6O4. The summed E-state index contributed by atoms with van der Waals surface area (Å²) >= 11 is 3.17. The molecule has 0 aromatic carbocycles. The van der Waals surface area contributed by atoms with Gasteiger partial charge in [-0.3, -0.25) is 9.36 Å². The summed E-state index contributed by atoms with van der Waals surface area (Å²) in [4.78, 5) is 30.9. The van der Waals surface area contributed by atoms with Crippen molar-refractivity contribution in [3.63, 3.8) is 0 Å². The highest BCUT2D eigenvalue weighted by molar-refractivity contribution is 9.10. The number of terminal acetylenes is 2. The van der Waals surface area contributed by atoms with Crippen molar-refractivity contribution in [2.75, 3.05) is 14.2 Å². The third-order valence-electron chi connectivity index (χ3n) is 10.1. The molecule has 0 aliphatic heterocycles. The molecule has 0 atom stereocenters. The predicted molar refractivity (Wildman–Crippen MR) is 517 cm³/mol. The van der Waals surface area contributed by atoms with Crippen LogP contribution in [0, 0.1) is 635 Å². The standard InChI is InChI=1S/C106H2.C11H12N4O2.C6H7BrN2O2/c1-3-5-7-9-11-13-15-17-19-21-23-25-27-29-31-33-35-37-39-41-43-45-47-49-51-53-55-57-59-61-63-65-67-69-71-73-75-77-79-81-83-85-87-89-91-93-95-97-99-101-103-105-106-104-102-100-98-96-94-92-90-88-86-84-82-80-78-76-74-72-70-68-66-64-62-60-58-56-54-52-50-48-46-44-42-40-38-36-34-32-30-28-26-24-22-20-18-16-14-12-10-8-6-4-2;1-7-12-5-4-9(14-7)8-6-13-15(2)10(8)11(16)17-3;1-9-5(6(10)11-2)4(7)3-8-9/h1-2H;4-6H,1-3H3;3H,1-2H3. The second-order valence-corrected chi connectivity index (χ2v) is 19.4. The molecule has 134 heavy (non-hydrogen) atoms. The maximum Gasteiger partial charge on any atom is 0.357 e. The Labute approximate surface area is 792 Å². The first-order valence-corrected chi connectivity index (χ1v) is 35.1. The molecule has 0 radical (unpaired) electrons. The van der Waals surface area contributed by atoms with Crippen LogP contribution in [0.3, 0.4) is 0 Å². The zero-order chi connectivity index (χ0) is 96.4. The molecule has 0 aliphatic carbocycles. The van der Waals surface area contributed by atoms with Gasteiger partial charge in [0.2, 0.25) is 0 Å². The summed E-state index contributed by atoms with van der Waals surface area (Å²) in [5.74, 6) is 258. The smallest absolute Gasteiger partial charge is 0.357 e. The van der Waals surface area contributed by atoms with Gasteiger partial charge in [-0.1, -0.05) is 0 Å². The summed E-state index contributed by atoms with van der Waals surface area (Å²) in [6.45, 7) is 1.79. The van der Waals surface area contributed by atoms with Gasteiger partial charge >= 0.3 is 11.9 Å². The van der Waals surface area contributed by atoms with E-state index in [1.807, 2.05) is 0 Å². The average molecular weight is 1730 g/mol. The number of hydrogen-bond acceptors (Lipinski definition) is 8. The van der Waals surface area contributed by atoms with Crippen molar-refractivity contribution < 1.29 is 19.1 Å². The maximum atomic E-state index is 11.6. The van der Waals surface area contributed by atoms with E-state index in [0.717, 1.165) is 0 Å². The van der Waals surface area contributed by atoms with Crippen LogP contribution in [-0.4, -0.2) is 55.7 Å². The lowest BCUT2D eigenvalue weighted by Gasteiger charge is -2.03. The molecule has 3 aromatic heterocycles. The number of nitrogens with zero attached hydrogens (tertiary/aromatic N) is 6. The normalized spacial score (nSPS) is 5.22. The van der Waals surface area contributed by atoms with E-state index in [1.165, 1.54) is 23.6 Å². The Bertz CT molecular complexity index is 8780. The lowest BCUT2D eigenvalue weighted by molar-refractivity contribution is 0.0579. The number of methoxy groups -OCH3 is 2. The number of esters is 2. The molecule has 0 bridgehead atoms. The minimum Gasteiger partial charge on any atom is -0.464 e. The summed E-state index contributed by atoms with van der Waals surface area (Å²) in [5, 5.41) is 7.90. The van der Waals surface area contributed by atoms with E-state index < -0.39 is 11.9 Å². The van der Waals surface area contributed by atoms with Crippen molar-refractivity contribution in [1.82, 2.24) is 29.5 Å². The van der Waals surface area contributed by atoms with Crippen molar-refractivity contribution in [2.24, 2.45) is 14.1 Å². The first-order valence-electron chi connectivity index (χ1n) is 34.3. The van der Waals surface area contributed by atoms with E-state index >= 15 is 0 Å². The zero-order valence-electron chi connectivity index (χ0n) is 69.2. The third-order valence-corrected chi connectivity index (χ3v) is 10.7. The van der Waals surface area contributed by atoms with Gasteiger partial charge in [0.15, 0.2) is 11.4 Å². The minimum atomic E-state index is -0.434. The van der Waals surface area contributed by atoms with E-state index in [0.29, 0.717) is 32.9 Å². The summed E-state index contributed by atoms with van der Waals surface area (Å²) in [7, 11) is 6.03. The Morgan fingerprint density at radius 3 is 0.522 bits per heavy atom. The van der Waals surface area contributed by atoms with E-state index in [2.05, 4.69) is 657 Å². The van der Waals surface area contributed by atoms with Crippen LogP contribution >= 0.6 is 15.9 Å². The molecule has 0 aliphatic rings. The van der Waals surface area contributed by atoms with Gasteiger partial charge in [-0.25, -0.2) is 19.6 Å². The molecular weight excluding hydrogens is 1710 g/mol. The lowest BCUT2D eigenvalue weighted by atomic mass is 10.2. The molecule has 10 nitrogen and oxygen atoms in total. The number of halogens is 1. The Morgan fingerprint density at radius 2 is 0.388 bits per heavy atom. The molecule has 3 heterocycles. The molecule has 574 valence electrons. The molecule has 0 saturated carbocycles. The van der Waals surface area contributed by atoms with Gasteiger partial charge in [-0.05, 0) is 124 Å². The van der Waals surface area contributed by atoms with Crippen LogP contribution in [0.4, 0.5) is 0 Å². The number of carbonyl (C=O) groups is 2. The van der Waals surface area contributed by atoms with Crippen LogP contribution in [0.5, 0.6) is 0 Å². The molecule has 3 rings (SSSR count). The highest BCUT2D eigenvalue weighted by Crippen LogP contribution is 2.21. The summed E-state index contributed by atoms with van der Waals surface area (Å²) < 4.78 is 12.8. The predicted octanol–water partition coefficient (Wildman–Crippen LogP) is 2.37. The topological polar surface area (TPSA) is 114 Å². The first-order chi connectivity index (χ1) is 66.2. The molecule has 3 aromatic rings. The molecule has 0 saturated heterocycles. The number of aromatic nitrogens is 6. The second kappa shape index (κ2) is 86.0. The SMILES string of the molecule is C#CC#CC#CC#CC#CC#CC#CC#CC#CC#CC#CC#CC#CC#CC#CC#CC#CC#CC#CC#CC#CC#CC#CC#CC#CC#CC#CC#CC#CC#CC#CC#CC#CC#CC#CC#CC#CC#CC#CC#CC#CC#CC#CC#CC#CC#CC#CC#CC#CC#CC#CC#CC#C.COC(=O)c1c(-c2ccnc(C)n2)cnn1C.COC(=O)c1c(Br)cnn1C. The Hall–Kier alpha value is -26.4. The molecule has 0 N–H and O–H groups in total. The lowest BCUT2D eigenvalue weighted by Crippen LogP contribution is -2.10. The van der Waals surface area contributed by atoms with Gasteiger partial charge in [-0.2, -0.15) is 10.2 Å². The van der Waals surface area contributed by atoms with Crippen molar-refractivity contribution >= 4 is 27.9 Å². The summed E-state index contributed by atoms with van der Waals surface area (Å²) in [6.07, 6.45) is 14.7. The van der Waals surface area contributed by atoms with Crippen LogP contribution in [0.1, 0.15) is 26.8 Å². The van der Waals surface area contributed by atoms with Crippen molar-refractivity contribution in [3.05, 3.63) is 46.3 Å². The van der Waals surface area contributed by atoms with Crippen molar-refractivity contribution in [2.45, 2.75) is 6.92 Å². The molecule has 11 heteroatoms. The molecule has 0 fully saturated rings. The number of ether oxygens (including phenoxy) is 2. The van der Waals surface area contributed by atoms with E-state index in [-0.39, 0.29) is 0 Å². The van der Waals surface area contributed by atoms with Gasteiger partial charge in [0, 0.05) is 541 Å². The van der Waals surface area contributed by atoms with Gasteiger partial charge < -0.3 is 9.47 Å². The number of rotatable bonds is 3. The van der Waals surface area contributed by atoms with Gasteiger partial charge in [0.25, 0.3) is 0 Å². The van der Waals surface area contributed by atoms with Crippen LogP contribution in [-0.2, 0) is 23.6 Å². The fourth-order valence-electron chi connectivity index (χ4n) is 5.50. The number of hydrogen-bond donors (Lipinski definition) is 0. The average Bonchev–Trinajstić information content (AvgIpc) is 1.66. The van der Waals surface area contributed by atoms with Crippen LogP contribution in [0.25, 0.3) is 11.3 Å². The van der Waals surface area contributed by atoms with Crippen molar-refractivity contribution in [3.8, 4) is 640 Å². The third kappa shape index (κ3) is 69.9. The van der Waals surface area contributed by atoms with Crippen LogP contribution in [0.15, 0.2) is 29.1 Å². The second-order valence-electron chi connectivity index (χ2n) is 18.5. The highest BCUT2D eigenvalue weighted by atomic mass is 79.9. The maximum absolute atomic E-state index is 11.6. The monoisotopic (exact) mass is 1720 g/mol. The fourth-order valence-corrected chi connectivity index (χ4v) is 6.01. The Kier molecular flexibility index (Phi) is 67.7. The zero-order valence-corrected chi connectivity index (χ0v) is 70.7. The highest BCUT2D eigenvalue weighted by Gasteiger charge is 2.19. The molecule has 0 spiro atoms. The Morgan fingerprint density at radius 1 is 0.246 bits per heavy atom. The van der Waals surface area contributed by atoms with E-state index in [4.69, 9.17) is 17.6 Å².